The van der Waals surface area contributed by atoms with Gasteiger partial charge in [0, 0.05) is 45.7 Å². The summed E-state index contributed by atoms with van der Waals surface area (Å²) in [5.41, 5.74) is 0. The van der Waals surface area contributed by atoms with Crippen LogP contribution in [0.3, 0.4) is 0 Å². The molecule has 4 nitrogen and oxygen atoms in total. The molecule has 5 heteroatoms. The second-order valence-electron chi connectivity index (χ2n) is 5.79. The topological polar surface area (TPSA) is 35.6 Å². The molecule has 19 heavy (non-hydrogen) atoms. The van der Waals surface area contributed by atoms with Crippen LogP contribution in [0.5, 0.6) is 0 Å². The van der Waals surface area contributed by atoms with E-state index >= 15 is 0 Å². The molecule has 0 aromatic rings. The molecule has 0 atom stereocenters. The molecular weight excluding hydrogens is 262 g/mol. The third kappa shape index (κ3) is 5.67. The van der Waals surface area contributed by atoms with E-state index in [1.807, 2.05) is 4.90 Å². The predicted molar refractivity (Wildman–Crippen MR) is 80.8 cm³/mol. The average molecular weight is 290 g/mol. The average Bonchev–Trinajstić information content (AvgIpc) is 2.90. The Labute approximate surface area is 123 Å². The van der Waals surface area contributed by atoms with Crippen LogP contribution in [0, 0.1) is 5.92 Å². The molecule has 0 spiro atoms. The SMILES string of the molecule is CN(CCC(=O)N1CCNCC1)CC1CCCC1.Cl. The van der Waals surface area contributed by atoms with E-state index in [4.69, 9.17) is 0 Å². The highest BCUT2D eigenvalue weighted by molar-refractivity contribution is 5.85. The number of amides is 1. The van der Waals surface area contributed by atoms with E-state index in [1.54, 1.807) is 0 Å². The number of halogens is 1. The van der Waals surface area contributed by atoms with Crippen molar-refractivity contribution in [1.82, 2.24) is 15.1 Å². The Bertz CT molecular complexity index is 263. The van der Waals surface area contributed by atoms with E-state index in [0.717, 1.165) is 38.6 Å². The molecule has 2 fully saturated rings. The van der Waals surface area contributed by atoms with Crippen molar-refractivity contribution in [3.8, 4) is 0 Å². The summed E-state index contributed by atoms with van der Waals surface area (Å²) in [6.45, 7) is 5.75. The maximum absolute atomic E-state index is 12.0. The Morgan fingerprint density at radius 2 is 1.89 bits per heavy atom. The van der Waals surface area contributed by atoms with Crippen molar-refractivity contribution >= 4 is 18.3 Å². The van der Waals surface area contributed by atoms with Gasteiger partial charge in [0.05, 0.1) is 0 Å². The second-order valence-corrected chi connectivity index (χ2v) is 5.79. The highest BCUT2D eigenvalue weighted by Crippen LogP contribution is 2.25. The molecule has 0 aromatic heterocycles. The van der Waals surface area contributed by atoms with Gasteiger partial charge in [-0.25, -0.2) is 0 Å². The largest absolute Gasteiger partial charge is 0.340 e. The summed E-state index contributed by atoms with van der Waals surface area (Å²) in [4.78, 5) is 16.4. The molecule has 0 bridgehead atoms. The molecular formula is C14H28ClN3O. The van der Waals surface area contributed by atoms with Gasteiger partial charge in [-0.1, -0.05) is 12.8 Å². The van der Waals surface area contributed by atoms with Crippen LogP contribution in [0.4, 0.5) is 0 Å². The third-order valence-electron chi connectivity index (χ3n) is 4.22. The first kappa shape index (κ1) is 16.7. The van der Waals surface area contributed by atoms with Gasteiger partial charge in [-0.05, 0) is 25.8 Å². The molecule has 1 saturated heterocycles. The summed E-state index contributed by atoms with van der Waals surface area (Å²) in [5, 5.41) is 3.28. The molecule has 1 aliphatic heterocycles. The Morgan fingerprint density at radius 3 is 2.53 bits per heavy atom. The molecule has 0 unspecified atom stereocenters. The Morgan fingerprint density at radius 1 is 1.26 bits per heavy atom. The van der Waals surface area contributed by atoms with Crippen molar-refractivity contribution in [3.05, 3.63) is 0 Å². The number of hydrogen-bond donors (Lipinski definition) is 1. The number of hydrogen-bond acceptors (Lipinski definition) is 3. The molecule has 2 aliphatic rings. The number of nitrogens with one attached hydrogen (secondary N) is 1. The van der Waals surface area contributed by atoms with E-state index < -0.39 is 0 Å². The lowest BCUT2D eigenvalue weighted by molar-refractivity contribution is -0.132. The zero-order valence-corrected chi connectivity index (χ0v) is 12.9. The summed E-state index contributed by atoms with van der Waals surface area (Å²) in [6, 6.07) is 0. The van der Waals surface area contributed by atoms with Crippen molar-refractivity contribution in [3.63, 3.8) is 0 Å². The summed E-state index contributed by atoms with van der Waals surface area (Å²) in [7, 11) is 2.16. The van der Waals surface area contributed by atoms with Crippen molar-refractivity contribution in [2.75, 3.05) is 46.3 Å². The fraction of sp³-hybridized carbons (Fsp3) is 0.929. The number of carbonyl (C=O) groups is 1. The van der Waals surface area contributed by atoms with Crippen molar-refractivity contribution in [1.29, 1.82) is 0 Å². The molecule has 112 valence electrons. The fourth-order valence-electron chi connectivity index (χ4n) is 3.08. The highest BCUT2D eigenvalue weighted by atomic mass is 35.5. The minimum Gasteiger partial charge on any atom is -0.340 e. The van der Waals surface area contributed by atoms with Crippen LogP contribution >= 0.6 is 12.4 Å². The standard InChI is InChI=1S/C14H27N3O.ClH/c1-16(12-13-4-2-3-5-13)9-6-14(18)17-10-7-15-8-11-17;/h13,15H,2-12H2,1H3;1H. The molecule has 1 saturated carbocycles. The van der Waals surface area contributed by atoms with E-state index in [1.165, 1.54) is 32.2 Å². The molecule has 1 amide bonds. The normalized spacial score (nSPS) is 20.6. The number of rotatable bonds is 5. The quantitative estimate of drug-likeness (QED) is 0.830. The van der Waals surface area contributed by atoms with E-state index in [0.29, 0.717) is 12.3 Å². The predicted octanol–water partition coefficient (Wildman–Crippen LogP) is 1.35. The lowest BCUT2D eigenvalue weighted by atomic mass is 10.1. The van der Waals surface area contributed by atoms with Crippen LogP contribution in [-0.2, 0) is 4.79 Å². The van der Waals surface area contributed by atoms with Crippen LogP contribution in [0.1, 0.15) is 32.1 Å². The maximum atomic E-state index is 12.0. The van der Waals surface area contributed by atoms with Gasteiger partial charge in [-0.15, -0.1) is 12.4 Å². The van der Waals surface area contributed by atoms with Crippen molar-refractivity contribution in [2.24, 2.45) is 5.92 Å². The van der Waals surface area contributed by atoms with Gasteiger partial charge >= 0.3 is 0 Å². The summed E-state index contributed by atoms with van der Waals surface area (Å²) in [5.74, 6) is 1.21. The van der Waals surface area contributed by atoms with Crippen molar-refractivity contribution < 1.29 is 4.79 Å². The zero-order valence-electron chi connectivity index (χ0n) is 12.1. The maximum Gasteiger partial charge on any atom is 0.223 e. The Kier molecular flexibility index (Phi) is 7.73. The van der Waals surface area contributed by atoms with E-state index in [2.05, 4.69) is 17.3 Å². The lowest BCUT2D eigenvalue weighted by Crippen LogP contribution is -2.47. The summed E-state index contributed by atoms with van der Waals surface area (Å²) in [6.07, 6.45) is 6.26. The first-order chi connectivity index (χ1) is 8.75. The number of piperazine rings is 1. The van der Waals surface area contributed by atoms with Crippen LogP contribution in [0.2, 0.25) is 0 Å². The third-order valence-corrected chi connectivity index (χ3v) is 4.22. The zero-order chi connectivity index (χ0) is 12.8. The molecule has 1 aliphatic carbocycles. The van der Waals surface area contributed by atoms with Crippen LogP contribution in [-0.4, -0.2) is 62.0 Å². The molecule has 0 radical (unpaired) electrons. The first-order valence-electron chi connectivity index (χ1n) is 7.43. The second kappa shape index (κ2) is 8.77. The minimum atomic E-state index is 0. The Hall–Kier alpha value is -0.320. The van der Waals surface area contributed by atoms with Gasteiger partial charge in [-0.3, -0.25) is 4.79 Å². The smallest absolute Gasteiger partial charge is 0.223 e. The van der Waals surface area contributed by atoms with Crippen molar-refractivity contribution in [2.45, 2.75) is 32.1 Å². The summed E-state index contributed by atoms with van der Waals surface area (Å²) >= 11 is 0. The number of carbonyl (C=O) groups excluding carboxylic acids is 1. The Balaban J connectivity index is 0.00000180. The van der Waals surface area contributed by atoms with Crippen LogP contribution < -0.4 is 5.32 Å². The van der Waals surface area contributed by atoms with Gasteiger partial charge in [0.1, 0.15) is 0 Å². The highest BCUT2D eigenvalue weighted by Gasteiger charge is 2.19. The summed E-state index contributed by atoms with van der Waals surface area (Å²) < 4.78 is 0. The monoisotopic (exact) mass is 289 g/mol. The van der Waals surface area contributed by atoms with Gasteiger partial charge < -0.3 is 15.1 Å². The van der Waals surface area contributed by atoms with Gasteiger partial charge in [0.25, 0.3) is 0 Å². The molecule has 1 N–H and O–H groups in total. The minimum absolute atomic E-state index is 0. The lowest BCUT2D eigenvalue weighted by Gasteiger charge is -2.28. The van der Waals surface area contributed by atoms with Crippen LogP contribution in [0.25, 0.3) is 0 Å². The van der Waals surface area contributed by atoms with Gasteiger partial charge in [-0.2, -0.15) is 0 Å². The van der Waals surface area contributed by atoms with Crippen LogP contribution in [0.15, 0.2) is 0 Å². The van der Waals surface area contributed by atoms with E-state index in [-0.39, 0.29) is 12.4 Å². The van der Waals surface area contributed by atoms with Gasteiger partial charge in [0.2, 0.25) is 5.91 Å². The van der Waals surface area contributed by atoms with Gasteiger partial charge in [0.15, 0.2) is 0 Å². The molecule has 2 rings (SSSR count). The first-order valence-corrected chi connectivity index (χ1v) is 7.43. The fourth-order valence-corrected chi connectivity index (χ4v) is 3.08. The number of nitrogens with zero attached hydrogens (tertiary/aromatic N) is 2. The molecule has 1 heterocycles. The van der Waals surface area contributed by atoms with E-state index in [9.17, 15) is 4.79 Å². The molecule has 0 aromatic carbocycles.